The van der Waals surface area contributed by atoms with Gasteiger partial charge in [-0.05, 0) is 36.8 Å². The fourth-order valence-corrected chi connectivity index (χ4v) is 2.89. The van der Waals surface area contributed by atoms with E-state index in [0.29, 0.717) is 11.8 Å². The molecular weight excluding hydrogens is 212 g/mol. The van der Waals surface area contributed by atoms with Crippen LogP contribution in [-0.2, 0) is 9.59 Å². The van der Waals surface area contributed by atoms with Crippen LogP contribution in [0.1, 0.15) is 33.1 Å². The Hall–Kier alpha value is -1.18. The van der Waals surface area contributed by atoms with Crippen molar-refractivity contribution in [1.29, 1.82) is 0 Å². The Kier molecular flexibility index (Phi) is 3.60. The predicted octanol–water partition coefficient (Wildman–Crippen LogP) is 2.94. The summed E-state index contributed by atoms with van der Waals surface area (Å²) in [5.41, 5.74) is 0. The second kappa shape index (κ2) is 4.99. The van der Waals surface area contributed by atoms with E-state index in [2.05, 4.69) is 13.8 Å². The Labute approximate surface area is 103 Å². The Bertz CT molecular complexity index is 342. The van der Waals surface area contributed by atoms with Crippen molar-refractivity contribution in [1.82, 2.24) is 0 Å². The van der Waals surface area contributed by atoms with Crippen LogP contribution in [0.5, 0.6) is 0 Å². The lowest BCUT2D eigenvalue weighted by molar-refractivity contribution is -0.118. The van der Waals surface area contributed by atoms with Crippen molar-refractivity contribution >= 4 is 11.6 Å². The molecule has 0 aromatic heterocycles. The molecule has 2 heteroatoms. The lowest BCUT2D eigenvalue weighted by Crippen LogP contribution is -2.17. The number of hydrogen-bond donors (Lipinski definition) is 0. The van der Waals surface area contributed by atoms with E-state index in [-0.39, 0.29) is 23.4 Å². The first-order valence-corrected chi connectivity index (χ1v) is 6.53. The van der Waals surface area contributed by atoms with Gasteiger partial charge >= 0.3 is 0 Å². The van der Waals surface area contributed by atoms with E-state index in [1.807, 2.05) is 12.2 Å². The Morgan fingerprint density at radius 3 is 1.59 bits per heavy atom. The van der Waals surface area contributed by atoms with E-state index in [0.717, 1.165) is 19.3 Å². The average Bonchev–Trinajstić information content (AvgIpc) is 2.77. The smallest absolute Gasteiger partial charge is 0.159 e. The molecule has 0 aromatic carbocycles. The molecule has 0 amide bonds. The zero-order chi connectivity index (χ0) is 12.4. The van der Waals surface area contributed by atoms with Crippen LogP contribution in [0.3, 0.4) is 0 Å². The molecule has 2 nitrogen and oxygen atoms in total. The first kappa shape index (κ1) is 12.3. The van der Waals surface area contributed by atoms with Crippen molar-refractivity contribution in [2.24, 2.45) is 23.7 Å². The van der Waals surface area contributed by atoms with Crippen LogP contribution in [0.25, 0.3) is 0 Å². The average molecular weight is 232 g/mol. The highest BCUT2D eigenvalue weighted by Crippen LogP contribution is 2.30. The largest absolute Gasteiger partial charge is 0.295 e. The summed E-state index contributed by atoms with van der Waals surface area (Å²) in [5.74, 6) is 1.60. The molecule has 0 fully saturated rings. The maximum absolute atomic E-state index is 11.6. The van der Waals surface area contributed by atoms with Crippen LogP contribution in [0.4, 0.5) is 0 Å². The molecule has 0 aliphatic heterocycles. The monoisotopic (exact) mass is 232 g/mol. The Morgan fingerprint density at radius 1 is 0.882 bits per heavy atom. The third-order valence-electron chi connectivity index (χ3n) is 4.16. The number of rotatable bonds is 4. The maximum Gasteiger partial charge on any atom is 0.159 e. The lowest BCUT2D eigenvalue weighted by Gasteiger charge is -2.17. The van der Waals surface area contributed by atoms with E-state index in [4.69, 9.17) is 0 Å². The van der Waals surface area contributed by atoms with Gasteiger partial charge in [0, 0.05) is 11.8 Å². The van der Waals surface area contributed by atoms with E-state index < -0.39 is 0 Å². The minimum Gasteiger partial charge on any atom is -0.295 e. The van der Waals surface area contributed by atoms with Crippen LogP contribution in [0.15, 0.2) is 24.3 Å². The quantitative estimate of drug-likeness (QED) is 0.746. The van der Waals surface area contributed by atoms with Gasteiger partial charge in [-0.25, -0.2) is 0 Å². The normalized spacial score (nSPS) is 36.1. The predicted molar refractivity (Wildman–Crippen MR) is 67.5 cm³/mol. The fourth-order valence-electron chi connectivity index (χ4n) is 2.89. The van der Waals surface area contributed by atoms with Crippen molar-refractivity contribution < 1.29 is 9.59 Å². The van der Waals surface area contributed by atoms with Gasteiger partial charge in [0.15, 0.2) is 11.6 Å². The van der Waals surface area contributed by atoms with Gasteiger partial charge in [-0.2, -0.15) is 0 Å². The Morgan fingerprint density at radius 2 is 1.29 bits per heavy atom. The van der Waals surface area contributed by atoms with Gasteiger partial charge in [0.1, 0.15) is 0 Å². The van der Waals surface area contributed by atoms with Gasteiger partial charge in [-0.15, -0.1) is 0 Å². The maximum atomic E-state index is 11.6. The van der Waals surface area contributed by atoms with Gasteiger partial charge in [0.2, 0.25) is 0 Å². The molecule has 0 spiro atoms. The second-order valence-electron chi connectivity index (χ2n) is 5.39. The van der Waals surface area contributed by atoms with Crippen LogP contribution < -0.4 is 0 Å². The van der Waals surface area contributed by atoms with Crippen molar-refractivity contribution in [3.8, 4) is 0 Å². The highest BCUT2D eigenvalue weighted by molar-refractivity contribution is 5.95. The van der Waals surface area contributed by atoms with Gasteiger partial charge in [0.05, 0.1) is 0 Å². The first-order chi connectivity index (χ1) is 8.09. The Balaban J connectivity index is 1.77. The third kappa shape index (κ3) is 2.56. The van der Waals surface area contributed by atoms with E-state index in [1.54, 1.807) is 12.2 Å². The van der Waals surface area contributed by atoms with Gasteiger partial charge < -0.3 is 0 Å². The number of carbonyl (C=O) groups excluding carboxylic acids is 2. The number of carbonyl (C=O) groups is 2. The van der Waals surface area contributed by atoms with Crippen molar-refractivity contribution in [2.75, 3.05) is 0 Å². The summed E-state index contributed by atoms with van der Waals surface area (Å²) < 4.78 is 0. The lowest BCUT2D eigenvalue weighted by atomic mass is 9.86. The first-order valence-electron chi connectivity index (χ1n) is 6.53. The molecule has 0 N–H and O–H groups in total. The summed E-state index contributed by atoms with van der Waals surface area (Å²) in [7, 11) is 0. The minimum atomic E-state index is 0.162. The fraction of sp³-hybridized carbons (Fsp3) is 0.600. The molecule has 0 radical (unpaired) electrons. The number of allylic oxidation sites excluding steroid dienone is 4. The summed E-state index contributed by atoms with van der Waals surface area (Å²) in [5, 5.41) is 0. The standard InChI is InChI=1S/C15H20O2/c1-10-6-8-14(16)12(10)4-3-5-13-11(2)7-9-15(13)17/h6-13H,3-5H2,1-2H3. The molecule has 2 rings (SSSR count). The summed E-state index contributed by atoms with van der Waals surface area (Å²) in [6.45, 7) is 4.19. The van der Waals surface area contributed by atoms with Crippen molar-refractivity contribution in [2.45, 2.75) is 33.1 Å². The van der Waals surface area contributed by atoms with Crippen LogP contribution in [0.2, 0.25) is 0 Å². The summed E-state index contributed by atoms with van der Waals surface area (Å²) >= 11 is 0. The summed E-state index contributed by atoms with van der Waals surface area (Å²) in [6.07, 6.45) is 10.2. The second-order valence-corrected chi connectivity index (χ2v) is 5.39. The van der Waals surface area contributed by atoms with E-state index in [9.17, 15) is 9.59 Å². The van der Waals surface area contributed by atoms with Crippen molar-refractivity contribution in [3.05, 3.63) is 24.3 Å². The SMILES string of the molecule is CC1C=CC(=O)C1CCCC1C(=O)C=CC1C. The molecule has 92 valence electrons. The molecule has 17 heavy (non-hydrogen) atoms. The molecule has 0 aromatic rings. The van der Waals surface area contributed by atoms with E-state index in [1.165, 1.54) is 0 Å². The molecule has 4 unspecified atom stereocenters. The van der Waals surface area contributed by atoms with Crippen LogP contribution in [0, 0.1) is 23.7 Å². The highest BCUT2D eigenvalue weighted by Gasteiger charge is 2.29. The summed E-state index contributed by atoms with van der Waals surface area (Å²) in [6, 6.07) is 0. The molecule has 0 bridgehead atoms. The highest BCUT2D eigenvalue weighted by atomic mass is 16.1. The molecule has 2 aliphatic carbocycles. The molecule has 0 saturated carbocycles. The molecule has 4 atom stereocenters. The van der Waals surface area contributed by atoms with Crippen molar-refractivity contribution in [3.63, 3.8) is 0 Å². The van der Waals surface area contributed by atoms with E-state index >= 15 is 0 Å². The molecule has 2 aliphatic rings. The molecule has 0 heterocycles. The minimum absolute atomic E-state index is 0.162. The van der Waals surface area contributed by atoms with Crippen LogP contribution in [-0.4, -0.2) is 11.6 Å². The third-order valence-corrected chi connectivity index (χ3v) is 4.16. The van der Waals surface area contributed by atoms with Gasteiger partial charge in [-0.1, -0.05) is 32.4 Å². The molecule has 0 saturated heterocycles. The zero-order valence-electron chi connectivity index (χ0n) is 10.6. The molecular formula is C15H20O2. The zero-order valence-corrected chi connectivity index (χ0v) is 10.6. The summed E-state index contributed by atoms with van der Waals surface area (Å²) in [4.78, 5) is 23.1. The van der Waals surface area contributed by atoms with Gasteiger partial charge in [0.25, 0.3) is 0 Å². The van der Waals surface area contributed by atoms with Crippen LogP contribution >= 0.6 is 0 Å². The number of ketones is 2. The number of hydrogen-bond acceptors (Lipinski definition) is 2. The van der Waals surface area contributed by atoms with Gasteiger partial charge in [-0.3, -0.25) is 9.59 Å². The topological polar surface area (TPSA) is 34.1 Å².